The maximum atomic E-state index is 12.4. The van der Waals surface area contributed by atoms with Crippen molar-refractivity contribution >= 4 is 57.1 Å². The van der Waals surface area contributed by atoms with Gasteiger partial charge in [0.05, 0.1) is 24.3 Å². The van der Waals surface area contributed by atoms with Crippen molar-refractivity contribution in [2.75, 3.05) is 19.0 Å². The van der Waals surface area contributed by atoms with E-state index in [9.17, 15) is 14.9 Å². The molecule has 0 fully saturated rings. The predicted octanol–water partition coefficient (Wildman–Crippen LogP) is 3.89. The maximum Gasteiger partial charge on any atom is 0.348 e. The van der Waals surface area contributed by atoms with E-state index in [2.05, 4.69) is 10.6 Å². The van der Waals surface area contributed by atoms with Crippen molar-refractivity contribution < 1.29 is 19.1 Å². The second kappa shape index (κ2) is 9.50. The van der Waals surface area contributed by atoms with Gasteiger partial charge in [-0.05, 0) is 49.8 Å². The van der Waals surface area contributed by atoms with E-state index in [1.807, 2.05) is 13.0 Å². The van der Waals surface area contributed by atoms with E-state index < -0.39 is 11.9 Å². The zero-order valence-corrected chi connectivity index (χ0v) is 17.6. The number of hydrogen-bond acceptors (Lipinski definition) is 7. The van der Waals surface area contributed by atoms with Crippen LogP contribution in [0.1, 0.15) is 38.1 Å². The largest absolute Gasteiger partial charge is 0.492 e. The van der Waals surface area contributed by atoms with Gasteiger partial charge in [-0.25, -0.2) is 4.79 Å². The summed E-state index contributed by atoms with van der Waals surface area (Å²) >= 11 is 12.3. The Balaban J connectivity index is 2.14. The molecule has 0 aliphatic carbocycles. The van der Waals surface area contributed by atoms with Gasteiger partial charge >= 0.3 is 5.97 Å². The Morgan fingerprint density at radius 2 is 2.11 bits per heavy atom. The number of methoxy groups -OCH3 is 1. The first-order chi connectivity index (χ1) is 13.3. The number of rotatable bonds is 5. The summed E-state index contributed by atoms with van der Waals surface area (Å²) in [5.74, 6) is -0.557. The number of ether oxygens (including phenoxy) is 2. The van der Waals surface area contributed by atoms with E-state index in [1.54, 1.807) is 19.1 Å². The maximum absolute atomic E-state index is 12.4. The SMILES string of the molecule is CCOc1ccc(C(=O)NC(=S)Nc2sc(C(=O)OC)c(C)c2C#N)cc1Cl. The van der Waals surface area contributed by atoms with E-state index in [0.717, 1.165) is 11.3 Å². The molecule has 0 unspecified atom stereocenters. The number of carbonyl (C=O) groups is 2. The number of anilines is 1. The topological polar surface area (TPSA) is 100 Å². The smallest absolute Gasteiger partial charge is 0.348 e. The quantitative estimate of drug-likeness (QED) is 0.540. The van der Waals surface area contributed by atoms with Gasteiger partial charge in [0.2, 0.25) is 0 Å². The number of amides is 1. The number of benzene rings is 1. The minimum absolute atomic E-state index is 0.0239. The zero-order valence-electron chi connectivity index (χ0n) is 15.2. The lowest BCUT2D eigenvalue weighted by Crippen LogP contribution is -2.34. The van der Waals surface area contributed by atoms with Crippen LogP contribution in [0.15, 0.2) is 18.2 Å². The molecule has 1 aromatic heterocycles. The first kappa shape index (κ1) is 21.6. The molecule has 7 nitrogen and oxygen atoms in total. The van der Waals surface area contributed by atoms with Crippen LogP contribution < -0.4 is 15.4 Å². The summed E-state index contributed by atoms with van der Waals surface area (Å²) in [7, 11) is 1.26. The summed E-state index contributed by atoms with van der Waals surface area (Å²) in [6.07, 6.45) is 0. The minimum Gasteiger partial charge on any atom is -0.492 e. The summed E-state index contributed by atoms with van der Waals surface area (Å²) in [4.78, 5) is 24.5. The van der Waals surface area contributed by atoms with Crippen LogP contribution in [-0.4, -0.2) is 30.7 Å². The van der Waals surface area contributed by atoms with E-state index in [4.69, 9.17) is 33.3 Å². The van der Waals surface area contributed by atoms with Crippen molar-refractivity contribution in [1.82, 2.24) is 5.32 Å². The molecule has 28 heavy (non-hydrogen) atoms. The molecule has 1 amide bonds. The van der Waals surface area contributed by atoms with Gasteiger partial charge in [-0.15, -0.1) is 11.3 Å². The van der Waals surface area contributed by atoms with Crippen molar-refractivity contribution in [3.05, 3.63) is 44.8 Å². The van der Waals surface area contributed by atoms with Crippen LogP contribution in [0, 0.1) is 18.3 Å². The van der Waals surface area contributed by atoms with Crippen LogP contribution in [0.25, 0.3) is 0 Å². The summed E-state index contributed by atoms with van der Waals surface area (Å²) in [6.45, 7) is 3.92. The normalized spacial score (nSPS) is 9.96. The Labute approximate surface area is 176 Å². The Morgan fingerprint density at radius 3 is 2.68 bits per heavy atom. The molecule has 2 aromatic rings. The Morgan fingerprint density at radius 1 is 1.39 bits per heavy atom. The third-order valence-corrected chi connectivity index (χ3v) is 5.26. The van der Waals surface area contributed by atoms with E-state index in [1.165, 1.54) is 13.2 Å². The lowest BCUT2D eigenvalue weighted by molar-refractivity contribution is 0.0605. The minimum atomic E-state index is -0.550. The molecule has 0 bridgehead atoms. The summed E-state index contributed by atoms with van der Waals surface area (Å²) in [5.41, 5.74) is 1.02. The van der Waals surface area contributed by atoms with Crippen molar-refractivity contribution in [1.29, 1.82) is 5.26 Å². The van der Waals surface area contributed by atoms with Crippen molar-refractivity contribution in [3.8, 4) is 11.8 Å². The van der Waals surface area contributed by atoms with Crippen molar-refractivity contribution in [3.63, 3.8) is 0 Å². The van der Waals surface area contributed by atoms with Gasteiger partial charge in [-0.3, -0.25) is 10.1 Å². The number of carbonyl (C=O) groups excluding carboxylic acids is 2. The highest BCUT2D eigenvalue weighted by atomic mass is 35.5. The van der Waals surface area contributed by atoms with Gasteiger partial charge in [0.1, 0.15) is 21.7 Å². The highest BCUT2D eigenvalue weighted by Gasteiger charge is 2.21. The number of nitrogens with zero attached hydrogens (tertiary/aromatic N) is 1. The monoisotopic (exact) mass is 437 g/mol. The Hall–Kier alpha value is -2.67. The van der Waals surface area contributed by atoms with Gasteiger partial charge in [0, 0.05) is 5.56 Å². The van der Waals surface area contributed by atoms with E-state index in [0.29, 0.717) is 27.9 Å². The molecule has 2 N–H and O–H groups in total. The Kier molecular flexibility index (Phi) is 7.34. The second-order valence-electron chi connectivity index (χ2n) is 5.35. The molecule has 2 rings (SSSR count). The highest BCUT2D eigenvalue weighted by molar-refractivity contribution is 7.80. The number of thiophene rings is 1. The lowest BCUT2D eigenvalue weighted by atomic mass is 10.2. The average molecular weight is 438 g/mol. The molecule has 0 aliphatic rings. The van der Waals surface area contributed by atoms with Crippen LogP contribution in [0.5, 0.6) is 5.75 Å². The van der Waals surface area contributed by atoms with Crippen LogP contribution in [0.4, 0.5) is 5.00 Å². The molecule has 10 heteroatoms. The number of halogens is 1. The second-order valence-corrected chi connectivity index (χ2v) is 7.19. The highest BCUT2D eigenvalue weighted by Crippen LogP contribution is 2.33. The molecular formula is C18H16ClN3O4S2. The zero-order chi connectivity index (χ0) is 20.8. The fourth-order valence-corrected chi connectivity index (χ4v) is 3.82. The molecule has 0 saturated carbocycles. The predicted molar refractivity (Wildman–Crippen MR) is 111 cm³/mol. The first-order valence-electron chi connectivity index (χ1n) is 7.98. The molecule has 146 valence electrons. The molecule has 1 aromatic carbocycles. The van der Waals surface area contributed by atoms with Crippen LogP contribution in [0.3, 0.4) is 0 Å². The summed E-state index contributed by atoms with van der Waals surface area (Å²) in [6, 6.07) is 6.63. The van der Waals surface area contributed by atoms with Gasteiger partial charge in [0.15, 0.2) is 5.11 Å². The third kappa shape index (κ3) is 4.78. The van der Waals surface area contributed by atoms with Crippen molar-refractivity contribution in [2.24, 2.45) is 0 Å². The van der Waals surface area contributed by atoms with E-state index in [-0.39, 0.29) is 21.1 Å². The van der Waals surface area contributed by atoms with Crippen LogP contribution >= 0.6 is 35.2 Å². The average Bonchev–Trinajstić information content (AvgIpc) is 2.97. The number of thiocarbonyl (C=S) groups is 1. The Bertz CT molecular complexity index is 982. The summed E-state index contributed by atoms with van der Waals surface area (Å²) < 4.78 is 10.0. The molecule has 0 spiro atoms. The number of hydrogen-bond donors (Lipinski definition) is 2. The summed E-state index contributed by atoms with van der Waals surface area (Å²) in [5, 5.41) is 15.3. The molecular weight excluding hydrogens is 422 g/mol. The molecule has 1 heterocycles. The number of nitrogens with one attached hydrogen (secondary N) is 2. The molecule has 0 aliphatic heterocycles. The van der Waals surface area contributed by atoms with Gasteiger partial charge in [0.25, 0.3) is 5.91 Å². The van der Waals surface area contributed by atoms with Crippen LogP contribution in [0.2, 0.25) is 5.02 Å². The van der Waals surface area contributed by atoms with E-state index >= 15 is 0 Å². The van der Waals surface area contributed by atoms with Gasteiger partial charge < -0.3 is 14.8 Å². The molecule has 0 atom stereocenters. The van der Waals surface area contributed by atoms with Gasteiger partial charge in [-0.1, -0.05) is 11.6 Å². The number of nitriles is 1. The molecule has 0 saturated heterocycles. The van der Waals surface area contributed by atoms with Gasteiger partial charge in [-0.2, -0.15) is 5.26 Å². The standard InChI is InChI=1S/C18H16ClN3O4S2/c1-4-26-13-6-5-10(7-12(13)19)15(23)21-18(27)22-16-11(8-20)9(2)14(28-16)17(24)25-3/h5-7H,4H2,1-3H3,(H2,21,22,23,27). The fourth-order valence-electron chi connectivity index (χ4n) is 2.25. The lowest BCUT2D eigenvalue weighted by Gasteiger charge is -2.10. The molecule has 0 radical (unpaired) electrons. The fraction of sp³-hybridized carbons (Fsp3) is 0.222. The third-order valence-electron chi connectivity index (χ3n) is 3.58. The number of esters is 1. The first-order valence-corrected chi connectivity index (χ1v) is 9.59. The van der Waals surface area contributed by atoms with Crippen LogP contribution in [-0.2, 0) is 4.74 Å². The van der Waals surface area contributed by atoms with Crippen molar-refractivity contribution in [2.45, 2.75) is 13.8 Å².